The van der Waals surface area contributed by atoms with E-state index < -0.39 is 17.6 Å². The molecule has 0 radical (unpaired) electrons. The van der Waals surface area contributed by atoms with Crippen LogP contribution in [0.5, 0.6) is 0 Å². The SMILES string of the molecule is Cc1scc(-c2nnc(SCC(=O)Nc3cc(C(F)(F)F)ccc3Cl)n2C)c1C. The van der Waals surface area contributed by atoms with Crippen molar-refractivity contribution in [2.24, 2.45) is 7.05 Å². The number of rotatable bonds is 5. The lowest BCUT2D eigenvalue weighted by molar-refractivity contribution is -0.137. The standard InChI is InChI=1S/C18H16ClF3N4OS2/c1-9-10(2)28-7-12(9)16-24-25-17(26(16)3)29-8-15(27)23-14-6-11(18(20,21)22)4-5-13(14)19/h4-7H,8H2,1-3H3,(H,23,27). The van der Waals surface area contributed by atoms with Crippen molar-refractivity contribution in [3.63, 3.8) is 0 Å². The van der Waals surface area contributed by atoms with Gasteiger partial charge in [-0.15, -0.1) is 21.5 Å². The van der Waals surface area contributed by atoms with Crippen LogP contribution in [0.15, 0.2) is 28.7 Å². The van der Waals surface area contributed by atoms with Crippen LogP contribution in [0.3, 0.4) is 0 Å². The number of amides is 1. The molecule has 29 heavy (non-hydrogen) atoms. The second-order valence-electron chi connectivity index (χ2n) is 6.22. The summed E-state index contributed by atoms with van der Waals surface area (Å²) in [7, 11) is 1.80. The second-order valence-corrected chi connectivity index (χ2v) is 8.66. The largest absolute Gasteiger partial charge is 0.416 e. The molecule has 1 amide bonds. The molecule has 0 unspecified atom stereocenters. The average Bonchev–Trinajstić information content (AvgIpc) is 3.16. The Labute approximate surface area is 178 Å². The van der Waals surface area contributed by atoms with Gasteiger partial charge in [-0.2, -0.15) is 13.2 Å². The maximum Gasteiger partial charge on any atom is 0.416 e. The van der Waals surface area contributed by atoms with Gasteiger partial charge in [0.1, 0.15) is 0 Å². The van der Waals surface area contributed by atoms with Crippen molar-refractivity contribution < 1.29 is 18.0 Å². The number of hydrogen-bond donors (Lipinski definition) is 1. The number of alkyl halides is 3. The lowest BCUT2D eigenvalue weighted by Gasteiger charge is -2.11. The number of thiophene rings is 1. The molecule has 0 saturated heterocycles. The van der Waals surface area contributed by atoms with Crippen molar-refractivity contribution >= 4 is 46.3 Å². The summed E-state index contributed by atoms with van der Waals surface area (Å²) in [5.41, 5.74) is 1.13. The van der Waals surface area contributed by atoms with Gasteiger partial charge in [0, 0.05) is 22.9 Å². The van der Waals surface area contributed by atoms with E-state index in [9.17, 15) is 18.0 Å². The number of nitrogens with one attached hydrogen (secondary N) is 1. The van der Waals surface area contributed by atoms with E-state index in [2.05, 4.69) is 15.5 Å². The van der Waals surface area contributed by atoms with Gasteiger partial charge in [-0.05, 0) is 37.6 Å². The van der Waals surface area contributed by atoms with Crippen LogP contribution in [0.2, 0.25) is 5.02 Å². The van der Waals surface area contributed by atoms with Crippen LogP contribution >= 0.6 is 34.7 Å². The Morgan fingerprint density at radius 2 is 2.03 bits per heavy atom. The highest BCUT2D eigenvalue weighted by molar-refractivity contribution is 7.99. The van der Waals surface area contributed by atoms with Gasteiger partial charge in [-0.3, -0.25) is 4.79 Å². The number of aromatic nitrogens is 3. The predicted octanol–water partition coefficient (Wildman–Crippen LogP) is 5.56. The highest BCUT2D eigenvalue weighted by Crippen LogP contribution is 2.34. The molecular formula is C18H16ClF3N4OS2. The van der Waals surface area contributed by atoms with E-state index >= 15 is 0 Å². The topological polar surface area (TPSA) is 59.8 Å². The van der Waals surface area contributed by atoms with Gasteiger partial charge in [0.05, 0.1) is 22.0 Å². The molecule has 11 heteroatoms. The Bertz CT molecular complexity index is 1060. The summed E-state index contributed by atoms with van der Waals surface area (Å²) in [6.07, 6.45) is -4.52. The number of carbonyl (C=O) groups is 1. The van der Waals surface area contributed by atoms with E-state index in [0.29, 0.717) is 11.0 Å². The molecule has 154 valence electrons. The molecule has 3 rings (SSSR count). The van der Waals surface area contributed by atoms with Crippen molar-refractivity contribution in [1.82, 2.24) is 14.8 Å². The number of benzene rings is 1. The van der Waals surface area contributed by atoms with Gasteiger partial charge < -0.3 is 9.88 Å². The lowest BCUT2D eigenvalue weighted by Crippen LogP contribution is -2.16. The lowest BCUT2D eigenvalue weighted by atomic mass is 10.2. The van der Waals surface area contributed by atoms with E-state index in [-0.39, 0.29) is 16.5 Å². The first-order chi connectivity index (χ1) is 13.6. The van der Waals surface area contributed by atoms with E-state index in [1.807, 2.05) is 19.2 Å². The zero-order chi connectivity index (χ0) is 21.3. The summed E-state index contributed by atoms with van der Waals surface area (Å²) in [5, 5.41) is 13.3. The smallest absolute Gasteiger partial charge is 0.324 e. The van der Waals surface area contributed by atoms with Gasteiger partial charge >= 0.3 is 6.18 Å². The predicted molar refractivity (Wildman–Crippen MR) is 110 cm³/mol. The molecule has 2 heterocycles. The molecule has 0 atom stereocenters. The Morgan fingerprint density at radius 1 is 1.31 bits per heavy atom. The number of aryl methyl sites for hydroxylation is 1. The van der Waals surface area contributed by atoms with E-state index in [1.165, 1.54) is 4.88 Å². The zero-order valence-electron chi connectivity index (χ0n) is 15.6. The highest BCUT2D eigenvalue weighted by atomic mass is 35.5. The fourth-order valence-electron chi connectivity index (χ4n) is 2.52. The molecule has 0 aliphatic heterocycles. The quantitative estimate of drug-likeness (QED) is 0.506. The number of anilines is 1. The molecular weight excluding hydrogens is 445 g/mol. The maximum absolute atomic E-state index is 12.8. The first-order valence-electron chi connectivity index (χ1n) is 8.31. The molecule has 3 aromatic rings. The van der Waals surface area contributed by atoms with Crippen LogP contribution in [0.25, 0.3) is 11.4 Å². The Balaban J connectivity index is 1.69. The number of hydrogen-bond acceptors (Lipinski definition) is 5. The Morgan fingerprint density at radius 3 is 2.66 bits per heavy atom. The van der Waals surface area contributed by atoms with Crippen molar-refractivity contribution in [1.29, 1.82) is 0 Å². The minimum atomic E-state index is -4.52. The van der Waals surface area contributed by atoms with Crippen molar-refractivity contribution in [3.8, 4) is 11.4 Å². The van der Waals surface area contributed by atoms with Gasteiger partial charge in [-0.1, -0.05) is 23.4 Å². The van der Waals surface area contributed by atoms with Crippen LogP contribution in [-0.4, -0.2) is 26.4 Å². The summed E-state index contributed by atoms with van der Waals surface area (Å²) >= 11 is 8.66. The van der Waals surface area contributed by atoms with Crippen LogP contribution < -0.4 is 5.32 Å². The number of thioether (sulfide) groups is 1. The third kappa shape index (κ3) is 4.76. The molecule has 0 fully saturated rings. The summed E-state index contributed by atoms with van der Waals surface area (Å²) in [5.74, 6) is 0.138. The summed E-state index contributed by atoms with van der Waals surface area (Å²) in [6.45, 7) is 4.04. The van der Waals surface area contributed by atoms with Gasteiger partial charge in [0.25, 0.3) is 0 Å². The molecule has 1 N–H and O–H groups in total. The number of carbonyl (C=O) groups excluding carboxylic acids is 1. The first kappa shape index (κ1) is 21.7. The monoisotopic (exact) mass is 460 g/mol. The average molecular weight is 461 g/mol. The van der Waals surface area contributed by atoms with Gasteiger partial charge in [0.2, 0.25) is 5.91 Å². The first-order valence-corrected chi connectivity index (χ1v) is 10.6. The zero-order valence-corrected chi connectivity index (χ0v) is 18.0. The molecule has 0 saturated carbocycles. The number of nitrogens with zero attached hydrogens (tertiary/aromatic N) is 3. The molecule has 0 aliphatic rings. The van der Waals surface area contributed by atoms with Crippen molar-refractivity contribution in [2.45, 2.75) is 25.2 Å². The molecule has 2 aromatic heterocycles. The third-order valence-corrected chi connectivity index (χ3v) is 6.62. The van der Waals surface area contributed by atoms with E-state index in [0.717, 1.165) is 41.1 Å². The van der Waals surface area contributed by atoms with E-state index in [1.54, 1.807) is 23.0 Å². The van der Waals surface area contributed by atoms with E-state index in [4.69, 9.17) is 11.6 Å². The number of halogens is 4. The molecule has 0 aliphatic carbocycles. The van der Waals surface area contributed by atoms with Crippen LogP contribution in [0.4, 0.5) is 18.9 Å². The highest BCUT2D eigenvalue weighted by Gasteiger charge is 2.31. The Hall–Kier alpha value is -2.04. The van der Waals surface area contributed by atoms with Crippen molar-refractivity contribution in [3.05, 3.63) is 44.6 Å². The molecule has 1 aromatic carbocycles. The molecule has 5 nitrogen and oxygen atoms in total. The minimum Gasteiger partial charge on any atom is -0.324 e. The third-order valence-electron chi connectivity index (χ3n) is 4.26. The minimum absolute atomic E-state index is 0.0283. The van der Waals surface area contributed by atoms with Crippen molar-refractivity contribution in [2.75, 3.05) is 11.1 Å². The normalized spacial score (nSPS) is 11.7. The van der Waals surface area contributed by atoms with Crippen LogP contribution in [0.1, 0.15) is 16.0 Å². The second kappa shape index (κ2) is 8.37. The van der Waals surface area contributed by atoms with Gasteiger partial charge in [0.15, 0.2) is 11.0 Å². The maximum atomic E-state index is 12.8. The van der Waals surface area contributed by atoms with Gasteiger partial charge in [-0.25, -0.2) is 0 Å². The summed E-state index contributed by atoms with van der Waals surface area (Å²) in [4.78, 5) is 13.4. The van der Waals surface area contributed by atoms with Crippen LogP contribution in [0, 0.1) is 13.8 Å². The Kier molecular flexibility index (Phi) is 6.25. The fourth-order valence-corrected chi connectivity index (χ4v) is 4.26. The fraction of sp³-hybridized carbons (Fsp3) is 0.278. The van der Waals surface area contributed by atoms with Crippen LogP contribution in [-0.2, 0) is 18.0 Å². The summed E-state index contributed by atoms with van der Waals surface area (Å²) < 4.78 is 40.3. The molecule has 0 bridgehead atoms. The summed E-state index contributed by atoms with van der Waals surface area (Å²) in [6, 6.07) is 2.78. The molecule has 0 spiro atoms.